The number of hydrogen-bond donors (Lipinski definition) is 0. The van der Waals surface area contributed by atoms with Crippen molar-refractivity contribution in [2.75, 3.05) is 0 Å². The quantitative estimate of drug-likeness (QED) is 0.0942. The Labute approximate surface area is 253 Å². The van der Waals surface area contributed by atoms with Crippen LogP contribution in [0, 0.1) is 0 Å². The number of benzene rings is 2. The Kier molecular flexibility index (Phi) is 17.8. The summed E-state index contributed by atoms with van der Waals surface area (Å²) in [5.41, 5.74) is 19.7. The molecule has 3 heteroatoms. The first-order valence-corrected chi connectivity index (χ1v) is 17.9. The Morgan fingerprint density at radius 2 is 1.05 bits per heavy atom. The van der Waals surface area contributed by atoms with Gasteiger partial charge in [0, 0.05) is 22.8 Å². The van der Waals surface area contributed by atoms with Crippen LogP contribution in [0.1, 0.15) is 133 Å². The standard InChI is InChI=1S/C35H50N2.2CH3.Ni/c1-4-7-10-11-12-13-16-23-33-28-34(31-24-17-21-29(26-31)19-14-8-5-2)37(36)35(33)32-25-18-22-30(27-32)20-15-9-6-3;;;/h17-18,21-22,24-28H,4-16,19-20,23H2,1-3H3;2*1H3;. The molecule has 2 aromatic carbocycles. The molecule has 0 unspecified atom stereocenters. The van der Waals surface area contributed by atoms with Gasteiger partial charge in [0.05, 0.1) is 0 Å². The topological polar surface area (TPSA) is 25.3 Å². The van der Waals surface area contributed by atoms with Crippen LogP contribution in [0.2, 0.25) is 11.8 Å². The van der Waals surface area contributed by atoms with Crippen LogP contribution in [0.3, 0.4) is 0 Å². The number of hydrogen-bond acceptors (Lipinski definition) is 0. The van der Waals surface area contributed by atoms with Crippen LogP contribution in [-0.2, 0) is 27.3 Å². The van der Waals surface area contributed by atoms with Crippen LogP contribution >= 0.6 is 0 Å². The second-order valence-electron chi connectivity index (χ2n) is 11.2. The van der Waals surface area contributed by atoms with Crippen molar-refractivity contribution in [2.45, 2.75) is 135 Å². The van der Waals surface area contributed by atoms with Gasteiger partial charge in [-0.25, -0.2) is 4.70 Å². The molecule has 0 aliphatic carbocycles. The Morgan fingerprint density at radius 1 is 0.600 bits per heavy atom. The molecule has 0 aromatic heterocycles. The minimum atomic E-state index is 0.918. The molecule has 0 saturated heterocycles. The third-order valence-corrected chi connectivity index (χ3v) is 7.67. The summed E-state index contributed by atoms with van der Waals surface area (Å²) in [5, 5.41) is 0. The second-order valence-corrected chi connectivity index (χ2v) is 12.2. The molecule has 0 bridgehead atoms. The van der Waals surface area contributed by atoms with Gasteiger partial charge in [-0.05, 0) is 73.9 Å². The van der Waals surface area contributed by atoms with E-state index in [0.29, 0.717) is 0 Å². The van der Waals surface area contributed by atoms with E-state index >= 15 is 0 Å². The SMILES string of the molecule is CCCCCCCCCC1=C(c2cccc(CCCCC)c2)[N+](=[N-])C(c2cccc(CCCCC)c2)=C1.[CH3][Ni][CH3]. The maximum absolute atomic E-state index is 11.5. The van der Waals surface area contributed by atoms with E-state index in [2.05, 4.69) is 87.2 Å². The molecule has 0 amide bonds. The van der Waals surface area contributed by atoms with E-state index in [4.69, 9.17) is 0 Å². The molecular formula is C37H56N2Ni. The summed E-state index contributed by atoms with van der Waals surface area (Å²) in [7, 11) is 0. The first kappa shape index (κ1) is 34.2. The number of aryl methyl sites for hydroxylation is 2. The van der Waals surface area contributed by atoms with E-state index in [-0.39, 0.29) is 0 Å². The van der Waals surface area contributed by atoms with Gasteiger partial charge >= 0.3 is 26.2 Å². The molecular weight excluding hydrogens is 531 g/mol. The van der Waals surface area contributed by atoms with Crippen molar-refractivity contribution < 1.29 is 19.1 Å². The molecule has 1 aliphatic rings. The average molecular weight is 588 g/mol. The van der Waals surface area contributed by atoms with Gasteiger partial charge in [0.15, 0.2) is 0 Å². The summed E-state index contributed by atoms with van der Waals surface area (Å²) >= 11 is 1.62. The first-order chi connectivity index (χ1) is 19.6. The molecule has 3 rings (SSSR count). The fourth-order valence-corrected chi connectivity index (χ4v) is 5.45. The zero-order valence-corrected chi connectivity index (χ0v) is 27.2. The molecule has 0 radical (unpaired) electrons. The molecule has 0 saturated carbocycles. The fourth-order valence-electron chi connectivity index (χ4n) is 5.45. The number of allylic oxidation sites excluding steroid dienone is 2. The molecule has 224 valence electrons. The van der Waals surface area contributed by atoms with Gasteiger partial charge in [0.25, 0.3) is 0 Å². The van der Waals surface area contributed by atoms with Crippen LogP contribution in [0.4, 0.5) is 0 Å². The summed E-state index contributed by atoms with van der Waals surface area (Å²) in [6, 6.07) is 17.7. The zero-order valence-electron chi connectivity index (χ0n) is 26.2. The molecule has 40 heavy (non-hydrogen) atoms. The summed E-state index contributed by atoms with van der Waals surface area (Å²) in [5.74, 6) is 4.12. The average Bonchev–Trinajstić information content (AvgIpc) is 3.29. The van der Waals surface area contributed by atoms with Gasteiger partial charge in [0.1, 0.15) is 0 Å². The first-order valence-electron chi connectivity index (χ1n) is 15.9. The summed E-state index contributed by atoms with van der Waals surface area (Å²) in [6.07, 6.45) is 22.0. The molecule has 0 spiro atoms. The predicted octanol–water partition coefficient (Wildman–Crippen LogP) is 12.3. The van der Waals surface area contributed by atoms with Gasteiger partial charge in [-0.1, -0.05) is 109 Å². The monoisotopic (exact) mass is 586 g/mol. The molecule has 1 aliphatic heterocycles. The van der Waals surface area contributed by atoms with E-state index in [0.717, 1.165) is 41.8 Å². The number of rotatable bonds is 18. The number of unbranched alkanes of at least 4 members (excludes halogenated alkanes) is 10. The third kappa shape index (κ3) is 11.9. The van der Waals surface area contributed by atoms with Crippen molar-refractivity contribution >= 4 is 11.4 Å². The van der Waals surface area contributed by atoms with Gasteiger partial charge < -0.3 is 5.53 Å². The zero-order chi connectivity index (χ0) is 29.0. The molecule has 0 atom stereocenters. The summed E-state index contributed by atoms with van der Waals surface area (Å²) in [4.78, 5) is 0. The Morgan fingerprint density at radius 3 is 1.62 bits per heavy atom. The second kappa shape index (κ2) is 20.8. The van der Waals surface area contributed by atoms with Gasteiger partial charge in [-0.15, -0.1) is 0 Å². The van der Waals surface area contributed by atoms with Crippen LogP contribution < -0.4 is 0 Å². The Hall–Kier alpha value is -1.99. The molecule has 2 aromatic rings. The van der Waals surface area contributed by atoms with E-state index < -0.39 is 0 Å². The predicted molar refractivity (Wildman–Crippen MR) is 172 cm³/mol. The van der Waals surface area contributed by atoms with E-state index in [1.807, 2.05) is 0 Å². The summed E-state index contributed by atoms with van der Waals surface area (Å²) in [6.45, 7) is 6.78. The summed E-state index contributed by atoms with van der Waals surface area (Å²) < 4.78 is 1.48. The molecule has 2 nitrogen and oxygen atoms in total. The number of nitrogens with zero attached hydrogens (tertiary/aromatic N) is 2. The van der Waals surface area contributed by atoms with Gasteiger partial charge in [-0.2, -0.15) is 0 Å². The van der Waals surface area contributed by atoms with E-state index in [1.54, 1.807) is 14.4 Å². The van der Waals surface area contributed by atoms with E-state index in [9.17, 15) is 5.53 Å². The van der Waals surface area contributed by atoms with Gasteiger partial charge in [-0.3, -0.25) is 0 Å². The fraction of sp³-hybridized carbons (Fsp3) is 0.568. The van der Waals surface area contributed by atoms with E-state index in [1.165, 1.54) is 105 Å². The van der Waals surface area contributed by atoms with Crippen molar-refractivity contribution in [3.8, 4) is 0 Å². The maximum atomic E-state index is 11.5. The normalized spacial score (nSPS) is 13.0. The van der Waals surface area contributed by atoms with Crippen LogP contribution in [0.15, 0.2) is 60.2 Å². The van der Waals surface area contributed by atoms with Crippen molar-refractivity contribution in [1.29, 1.82) is 0 Å². The van der Waals surface area contributed by atoms with Crippen molar-refractivity contribution in [1.82, 2.24) is 0 Å². The molecule has 0 fully saturated rings. The molecule has 1 heterocycles. The van der Waals surface area contributed by atoms with Crippen LogP contribution in [0.5, 0.6) is 0 Å². The minimum absolute atomic E-state index is 0.918. The van der Waals surface area contributed by atoms with Crippen molar-refractivity contribution in [2.24, 2.45) is 0 Å². The van der Waals surface area contributed by atoms with Gasteiger partial charge in [0.2, 0.25) is 11.4 Å². The van der Waals surface area contributed by atoms with Crippen molar-refractivity contribution in [3.63, 3.8) is 0 Å². The molecule has 0 N–H and O–H groups in total. The third-order valence-electron chi connectivity index (χ3n) is 7.67. The van der Waals surface area contributed by atoms with Crippen LogP contribution in [-0.4, -0.2) is 4.70 Å². The Balaban J connectivity index is 0.00000178. The van der Waals surface area contributed by atoms with Crippen molar-refractivity contribution in [3.05, 3.63) is 88.0 Å². The van der Waals surface area contributed by atoms with Crippen LogP contribution in [0.25, 0.3) is 16.9 Å². The Bertz CT molecular complexity index is 1070.